The summed E-state index contributed by atoms with van der Waals surface area (Å²) in [6.45, 7) is 12.2. The van der Waals surface area contributed by atoms with Crippen LogP contribution in [0.15, 0.2) is 12.1 Å². The molecule has 2 atom stereocenters. The Morgan fingerprint density at radius 1 is 1.20 bits per heavy atom. The summed E-state index contributed by atoms with van der Waals surface area (Å²) < 4.78 is 11.5. The van der Waals surface area contributed by atoms with Crippen LogP contribution < -0.4 is 10.1 Å². The molecule has 114 valence electrons. The molecule has 0 saturated heterocycles. The molecular formula is C17H29NO2. The Morgan fingerprint density at radius 3 is 2.45 bits per heavy atom. The summed E-state index contributed by atoms with van der Waals surface area (Å²) in [5.74, 6) is 0.977. The molecule has 0 bridgehead atoms. The minimum atomic E-state index is 0.113. The fraction of sp³-hybridized carbons (Fsp3) is 0.647. The molecule has 2 unspecified atom stereocenters. The van der Waals surface area contributed by atoms with Gasteiger partial charge in [0.1, 0.15) is 5.75 Å². The average Bonchev–Trinajstić information content (AvgIpc) is 2.43. The van der Waals surface area contributed by atoms with Crippen molar-refractivity contribution in [3.8, 4) is 5.75 Å². The zero-order valence-electron chi connectivity index (χ0n) is 13.7. The Labute approximate surface area is 123 Å². The van der Waals surface area contributed by atoms with Crippen molar-refractivity contribution in [3.05, 3.63) is 28.8 Å². The van der Waals surface area contributed by atoms with Crippen LogP contribution in [-0.4, -0.2) is 26.4 Å². The number of nitrogens with one attached hydrogen (secondary N) is 1. The Hall–Kier alpha value is -1.06. The third kappa shape index (κ3) is 3.97. The van der Waals surface area contributed by atoms with Crippen LogP contribution in [0, 0.1) is 13.8 Å². The van der Waals surface area contributed by atoms with Gasteiger partial charge in [0.25, 0.3) is 0 Å². The number of methoxy groups -OCH3 is 1. The first-order chi connectivity index (χ1) is 9.56. The summed E-state index contributed by atoms with van der Waals surface area (Å²) in [6, 6.07) is 4.47. The molecule has 0 saturated carbocycles. The lowest BCUT2D eigenvalue weighted by Crippen LogP contribution is -2.33. The van der Waals surface area contributed by atoms with E-state index in [-0.39, 0.29) is 12.1 Å². The predicted molar refractivity (Wildman–Crippen MR) is 84.6 cm³/mol. The van der Waals surface area contributed by atoms with Crippen molar-refractivity contribution in [2.24, 2.45) is 0 Å². The highest BCUT2D eigenvalue weighted by Gasteiger charge is 2.23. The Kier molecular flexibility index (Phi) is 7.03. The molecule has 1 aromatic carbocycles. The summed E-state index contributed by atoms with van der Waals surface area (Å²) in [6.07, 6.45) is 1.21. The van der Waals surface area contributed by atoms with Crippen LogP contribution in [0.1, 0.15) is 49.9 Å². The molecule has 0 aliphatic rings. The molecule has 0 radical (unpaired) electrons. The van der Waals surface area contributed by atoms with Gasteiger partial charge in [-0.25, -0.2) is 0 Å². The summed E-state index contributed by atoms with van der Waals surface area (Å²) in [5, 5.41) is 3.59. The smallest absolute Gasteiger partial charge is 0.126 e. The van der Waals surface area contributed by atoms with Gasteiger partial charge in [-0.1, -0.05) is 19.1 Å². The predicted octanol–water partition coefficient (Wildman–Crippen LogP) is 3.78. The number of hydrogen-bond acceptors (Lipinski definition) is 3. The second kappa shape index (κ2) is 8.28. The molecule has 1 N–H and O–H groups in total. The highest BCUT2D eigenvalue weighted by Crippen LogP contribution is 2.33. The summed E-state index contributed by atoms with van der Waals surface area (Å²) in [4.78, 5) is 0. The lowest BCUT2D eigenvalue weighted by molar-refractivity contribution is 0.0466. The maximum absolute atomic E-state index is 5.81. The van der Waals surface area contributed by atoms with Gasteiger partial charge < -0.3 is 14.8 Å². The highest BCUT2D eigenvalue weighted by atomic mass is 16.5. The minimum absolute atomic E-state index is 0.113. The van der Waals surface area contributed by atoms with E-state index in [2.05, 4.69) is 45.1 Å². The molecule has 0 aliphatic heterocycles. The Morgan fingerprint density at radius 2 is 1.90 bits per heavy atom. The maximum atomic E-state index is 5.81. The van der Waals surface area contributed by atoms with Crippen LogP contribution in [0.3, 0.4) is 0 Å². The molecule has 1 aromatic rings. The first-order valence-electron chi connectivity index (χ1n) is 7.55. The third-order valence-electron chi connectivity index (χ3n) is 3.76. The van der Waals surface area contributed by atoms with E-state index in [1.54, 1.807) is 7.11 Å². The average molecular weight is 279 g/mol. The van der Waals surface area contributed by atoms with Crippen molar-refractivity contribution in [3.63, 3.8) is 0 Å². The summed E-state index contributed by atoms with van der Waals surface area (Å²) >= 11 is 0. The van der Waals surface area contributed by atoms with E-state index in [0.717, 1.165) is 25.3 Å². The molecular weight excluding hydrogens is 250 g/mol. The number of rotatable bonds is 8. The molecule has 3 nitrogen and oxygen atoms in total. The van der Waals surface area contributed by atoms with E-state index < -0.39 is 0 Å². The molecule has 20 heavy (non-hydrogen) atoms. The number of hydrogen-bond donors (Lipinski definition) is 1. The van der Waals surface area contributed by atoms with Crippen molar-refractivity contribution in [1.29, 1.82) is 0 Å². The molecule has 0 heterocycles. The third-order valence-corrected chi connectivity index (χ3v) is 3.76. The van der Waals surface area contributed by atoms with E-state index in [9.17, 15) is 0 Å². The van der Waals surface area contributed by atoms with Crippen LogP contribution in [0.2, 0.25) is 0 Å². The van der Waals surface area contributed by atoms with E-state index in [0.29, 0.717) is 0 Å². The Balaban J connectivity index is 3.15. The number of ether oxygens (including phenoxy) is 2. The second-order valence-electron chi connectivity index (χ2n) is 5.22. The first-order valence-corrected chi connectivity index (χ1v) is 7.55. The van der Waals surface area contributed by atoms with Crippen molar-refractivity contribution in [2.45, 2.75) is 53.2 Å². The monoisotopic (exact) mass is 279 g/mol. The summed E-state index contributed by atoms with van der Waals surface area (Å²) in [5.41, 5.74) is 3.64. The van der Waals surface area contributed by atoms with Crippen LogP contribution in [-0.2, 0) is 4.74 Å². The standard InChI is InChI=1S/C17H29NO2/c1-7-11-18-16(14(5)20-8-2)15-10-9-12(3)13(4)17(15)19-6/h9-10,14,16,18H,7-8,11H2,1-6H3. The molecule has 0 aromatic heterocycles. The van der Waals surface area contributed by atoms with Gasteiger partial charge in [0.2, 0.25) is 0 Å². The van der Waals surface area contributed by atoms with Gasteiger partial charge >= 0.3 is 0 Å². The molecule has 0 spiro atoms. The van der Waals surface area contributed by atoms with Gasteiger partial charge in [-0.3, -0.25) is 0 Å². The summed E-state index contributed by atoms with van der Waals surface area (Å²) in [7, 11) is 1.74. The van der Waals surface area contributed by atoms with E-state index in [4.69, 9.17) is 9.47 Å². The van der Waals surface area contributed by atoms with E-state index >= 15 is 0 Å². The maximum Gasteiger partial charge on any atom is 0.126 e. The zero-order valence-corrected chi connectivity index (χ0v) is 13.7. The molecule has 1 rings (SSSR count). The Bertz CT molecular complexity index is 418. The fourth-order valence-electron chi connectivity index (χ4n) is 2.51. The molecule has 0 aliphatic carbocycles. The van der Waals surface area contributed by atoms with Gasteiger partial charge in [-0.05, 0) is 51.8 Å². The van der Waals surface area contributed by atoms with Crippen molar-refractivity contribution < 1.29 is 9.47 Å². The second-order valence-corrected chi connectivity index (χ2v) is 5.22. The van der Waals surface area contributed by atoms with Crippen LogP contribution in [0.5, 0.6) is 5.75 Å². The van der Waals surface area contributed by atoms with Crippen molar-refractivity contribution in [1.82, 2.24) is 5.32 Å². The van der Waals surface area contributed by atoms with Gasteiger partial charge in [0, 0.05) is 12.2 Å². The first kappa shape index (κ1) is 17.0. The minimum Gasteiger partial charge on any atom is -0.496 e. The van der Waals surface area contributed by atoms with Gasteiger partial charge in [0.05, 0.1) is 19.3 Å². The van der Waals surface area contributed by atoms with E-state index in [1.807, 2.05) is 6.92 Å². The topological polar surface area (TPSA) is 30.5 Å². The SMILES string of the molecule is CCCNC(c1ccc(C)c(C)c1OC)C(C)OCC. The quantitative estimate of drug-likeness (QED) is 0.785. The number of aryl methyl sites for hydroxylation is 1. The van der Waals surface area contributed by atoms with Crippen LogP contribution in [0.25, 0.3) is 0 Å². The van der Waals surface area contributed by atoms with Crippen molar-refractivity contribution in [2.75, 3.05) is 20.3 Å². The van der Waals surface area contributed by atoms with Gasteiger partial charge in [0.15, 0.2) is 0 Å². The lowest BCUT2D eigenvalue weighted by Gasteiger charge is -2.28. The normalized spacial score (nSPS) is 14.1. The lowest BCUT2D eigenvalue weighted by atomic mass is 9.96. The van der Waals surface area contributed by atoms with Gasteiger partial charge in [-0.15, -0.1) is 0 Å². The van der Waals surface area contributed by atoms with Crippen molar-refractivity contribution >= 4 is 0 Å². The largest absolute Gasteiger partial charge is 0.496 e. The number of benzene rings is 1. The van der Waals surface area contributed by atoms with Gasteiger partial charge in [-0.2, -0.15) is 0 Å². The van der Waals surface area contributed by atoms with Crippen LogP contribution in [0.4, 0.5) is 0 Å². The van der Waals surface area contributed by atoms with Crippen LogP contribution >= 0.6 is 0 Å². The molecule has 0 fully saturated rings. The fourth-order valence-corrected chi connectivity index (χ4v) is 2.51. The molecule has 3 heteroatoms. The van der Waals surface area contributed by atoms with E-state index in [1.165, 1.54) is 16.7 Å². The zero-order chi connectivity index (χ0) is 15.1. The highest BCUT2D eigenvalue weighted by molar-refractivity contribution is 5.47. The molecule has 0 amide bonds.